The Morgan fingerprint density at radius 1 is 1.38 bits per heavy atom. The fourth-order valence-electron chi connectivity index (χ4n) is 3.92. The number of nitrogens with two attached hydrogens (primary N) is 1. The summed E-state index contributed by atoms with van der Waals surface area (Å²) in [5, 5.41) is 17.1. The second kappa shape index (κ2) is 12.0. The highest BCUT2D eigenvalue weighted by molar-refractivity contribution is 7.52. The molecule has 1 saturated heterocycles. The average Bonchev–Trinajstić information content (AvgIpc) is 3.44. The Labute approximate surface area is 226 Å². The molecule has 5 N–H and O–H groups in total. The maximum absolute atomic E-state index is 13.8. The van der Waals surface area contributed by atoms with Crippen LogP contribution in [0.4, 0.5) is 5.95 Å². The minimum Gasteiger partial charge on any atom is -0.462 e. The standard InChI is InChI=1S/C22H28N9O8P/c1-11(2)37-21(34)12(3)29-40(35,39-13-7-5-4-6-8-13)36-9-14-17(32)15(28-30-24)20(38-14)31-10-25-16-18(31)26-22(23)27-19(16)33/h4-8,10-12,14-15,17,20,32H,9H2,1-3H3,(H,29,35)(H3,23,26,27,33)/t12-,14-,15-,17-,20-,40+/m1/s1. The summed E-state index contributed by atoms with van der Waals surface area (Å²) in [6.45, 7) is 4.23. The number of azide groups is 1. The van der Waals surface area contributed by atoms with E-state index in [9.17, 15) is 19.3 Å². The van der Waals surface area contributed by atoms with Gasteiger partial charge in [0.05, 0.1) is 25.1 Å². The van der Waals surface area contributed by atoms with Gasteiger partial charge in [0.1, 0.15) is 30.2 Å². The van der Waals surface area contributed by atoms with Crippen LogP contribution in [-0.2, 0) is 23.4 Å². The van der Waals surface area contributed by atoms with E-state index >= 15 is 0 Å². The summed E-state index contributed by atoms with van der Waals surface area (Å²) >= 11 is 0. The zero-order chi connectivity index (χ0) is 29.0. The van der Waals surface area contributed by atoms with Crippen LogP contribution in [-0.4, -0.2) is 67.6 Å². The highest BCUT2D eigenvalue weighted by Gasteiger charge is 2.46. The number of ether oxygens (including phenoxy) is 2. The van der Waals surface area contributed by atoms with Gasteiger partial charge in [0.2, 0.25) is 5.95 Å². The van der Waals surface area contributed by atoms with Gasteiger partial charge in [-0.15, -0.1) is 0 Å². The molecule has 214 valence electrons. The molecular formula is C22H28N9O8P. The van der Waals surface area contributed by atoms with Gasteiger partial charge in [-0.1, -0.05) is 23.3 Å². The van der Waals surface area contributed by atoms with Crippen molar-refractivity contribution >= 4 is 30.8 Å². The summed E-state index contributed by atoms with van der Waals surface area (Å²) in [5.41, 5.74) is 14.1. The van der Waals surface area contributed by atoms with E-state index in [1.807, 2.05) is 0 Å². The number of hydrogen-bond acceptors (Lipinski definition) is 12. The van der Waals surface area contributed by atoms with Crippen LogP contribution in [0.2, 0.25) is 0 Å². The monoisotopic (exact) mass is 577 g/mol. The largest absolute Gasteiger partial charge is 0.462 e. The van der Waals surface area contributed by atoms with Gasteiger partial charge < -0.3 is 24.8 Å². The number of H-pyrrole nitrogens is 1. The van der Waals surface area contributed by atoms with Crippen molar-refractivity contribution in [1.82, 2.24) is 24.6 Å². The molecule has 0 amide bonds. The van der Waals surface area contributed by atoms with E-state index in [4.69, 9.17) is 29.8 Å². The third-order valence-corrected chi connectivity index (χ3v) is 7.33. The molecule has 17 nitrogen and oxygen atoms in total. The van der Waals surface area contributed by atoms with Gasteiger partial charge >= 0.3 is 13.7 Å². The fourth-order valence-corrected chi connectivity index (χ4v) is 5.42. The number of rotatable bonds is 11. The number of imidazole rings is 1. The minimum atomic E-state index is -4.28. The van der Waals surface area contributed by atoms with Crippen molar-refractivity contribution < 1.29 is 33.0 Å². The van der Waals surface area contributed by atoms with Crippen LogP contribution in [0.15, 0.2) is 46.6 Å². The number of carbonyl (C=O) groups is 1. The van der Waals surface area contributed by atoms with Crippen LogP contribution in [0.25, 0.3) is 21.6 Å². The topological polar surface area (TPSA) is 242 Å². The summed E-state index contributed by atoms with van der Waals surface area (Å²) < 4.78 is 37.3. The molecule has 1 aromatic carbocycles. The molecule has 1 aliphatic rings. The molecule has 4 rings (SSSR count). The summed E-state index contributed by atoms with van der Waals surface area (Å²) in [6.07, 6.45) is -3.03. The second-order valence-electron chi connectivity index (χ2n) is 9.06. The summed E-state index contributed by atoms with van der Waals surface area (Å²) in [4.78, 5) is 37.7. The van der Waals surface area contributed by atoms with Crippen molar-refractivity contribution in [3.63, 3.8) is 0 Å². The Morgan fingerprint density at radius 3 is 2.77 bits per heavy atom. The van der Waals surface area contributed by atoms with E-state index in [2.05, 4.69) is 30.1 Å². The third kappa shape index (κ3) is 6.42. The van der Waals surface area contributed by atoms with E-state index < -0.39 is 62.5 Å². The number of aromatic nitrogens is 4. The Bertz CT molecular complexity index is 1510. The van der Waals surface area contributed by atoms with E-state index in [-0.39, 0.29) is 22.9 Å². The smallest absolute Gasteiger partial charge is 0.459 e. The number of carbonyl (C=O) groups excluding carboxylic acids is 1. The van der Waals surface area contributed by atoms with Crippen LogP contribution in [0.1, 0.15) is 27.0 Å². The maximum Gasteiger partial charge on any atom is 0.459 e. The molecule has 2 aromatic heterocycles. The van der Waals surface area contributed by atoms with E-state index in [1.54, 1.807) is 32.0 Å². The summed E-state index contributed by atoms with van der Waals surface area (Å²) in [5.74, 6) is -0.697. The molecule has 1 aliphatic heterocycles. The van der Waals surface area contributed by atoms with Gasteiger partial charge in [0, 0.05) is 4.91 Å². The second-order valence-corrected chi connectivity index (χ2v) is 10.8. The lowest BCUT2D eigenvalue weighted by Gasteiger charge is -2.25. The van der Waals surface area contributed by atoms with Gasteiger partial charge in [-0.05, 0) is 38.4 Å². The molecule has 1 fully saturated rings. The Balaban J connectivity index is 1.58. The zero-order valence-corrected chi connectivity index (χ0v) is 22.5. The number of anilines is 1. The predicted molar refractivity (Wildman–Crippen MR) is 140 cm³/mol. The first-order valence-corrected chi connectivity index (χ1v) is 13.6. The van der Waals surface area contributed by atoms with Crippen molar-refractivity contribution in [2.24, 2.45) is 5.11 Å². The molecule has 0 aliphatic carbocycles. The lowest BCUT2D eigenvalue weighted by molar-refractivity contribution is -0.149. The van der Waals surface area contributed by atoms with Crippen molar-refractivity contribution in [3.8, 4) is 5.75 Å². The number of nitrogens with one attached hydrogen (secondary N) is 2. The van der Waals surface area contributed by atoms with Crippen molar-refractivity contribution in [3.05, 3.63) is 57.5 Å². The lowest BCUT2D eigenvalue weighted by Crippen LogP contribution is -2.37. The first-order chi connectivity index (χ1) is 19.0. The van der Waals surface area contributed by atoms with Gasteiger partial charge in [0.15, 0.2) is 11.2 Å². The van der Waals surface area contributed by atoms with Crippen molar-refractivity contribution in [1.29, 1.82) is 0 Å². The fraction of sp³-hybridized carbons (Fsp3) is 0.455. The van der Waals surface area contributed by atoms with Gasteiger partial charge in [-0.25, -0.2) is 9.55 Å². The molecule has 0 bridgehead atoms. The third-order valence-electron chi connectivity index (χ3n) is 5.68. The number of aliphatic hydroxyl groups excluding tert-OH is 1. The zero-order valence-electron chi connectivity index (χ0n) is 21.6. The number of para-hydroxylation sites is 1. The SMILES string of the molecule is CC(C)OC(=O)[C@@H](C)N[P@](=O)(OC[C@H]1O[C@@H](n2cnc3c(=O)[nH]c(N)nc32)[C@H](N=[N+]=[N-])[C@@H]1O)Oc1ccccc1. The molecule has 0 saturated carbocycles. The first-order valence-electron chi connectivity index (χ1n) is 12.1. The summed E-state index contributed by atoms with van der Waals surface area (Å²) in [6, 6.07) is 5.78. The molecule has 0 unspecified atom stereocenters. The van der Waals surface area contributed by atoms with Gasteiger partial charge in [-0.2, -0.15) is 10.1 Å². The van der Waals surface area contributed by atoms with Gasteiger partial charge in [0.25, 0.3) is 5.56 Å². The van der Waals surface area contributed by atoms with E-state index in [1.165, 1.54) is 30.0 Å². The van der Waals surface area contributed by atoms with Crippen molar-refractivity contribution in [2.75, 3.05) is 12.3 Å². The molecule has 0 spiro atoms. The molecule has 3 aromatic rings. The number of aliphatic hydroxyl groups is 1. The number of esters is 1. The number of benzene rings is 1. The normalized spacial score (nSPS) is 22.9. The number of hydrogen-bond donors (Lipinski definition) is 4. The number of fused-ring (bicyclic) bond motifs is 1. The predicted octanol–water partition coefficient (Wildman–Crippen LogP) is 1.77. The Kier molecular flexibility index (Phi) is 8.73. The molecule has 40 heavy (non-hydrogen) atoms. The number of nitrogens with zero attached hydrogens (tertiary/aromatic N) is 6. The number of nitrogen functional groups attached to an aromatic ring is 1. The van der Waals surface area contributed by atoms with Crippen molar-refractivity contribution in [2.45, 2.75) is 57.4 Å². The quantitative estimate of drug-likeness (QED) is 0.0838. The maximum atomic E-state index is 13.8. The highest BCUT2D eigenvalue weighted by atomic mass is 31.2. The molecular weight excluding hydrogens is 549 g/mol. The number of aromatic amines is 1. The van der Waals surface area contributed by atoms with E-state index in [0.717, 1.165) is 0 Å². The molecule has 6 atom stereocenters. The molecule has 0 radical (unpaired) electrons. The highest BCUT2D eigenvalue weighted by Crippen LogP contribution is 2.46. The van der Waals surface area contributed by atoms with Crippen LogP contribution < -0.4 is 20.9 Å². The first kappa shape index (κ1) is 29.0. The van der Waals surface area contributed by atoms with Crippen LogP contribution in [0.3, 0.4) is 0 Å². The van der Waals surface area contributed by atoms with Crippen LogP contribution in [0.5, 0.6) is 5.75 Å². The Hall–Kier alpha value is -3.98. The summed E-state index contributed by atoms with van der Waals surface area (Å²) in [7, 11) is -4.28. The van der Waals surface area contributed by atoms with Crippen LogP contribution in [0, 0.1) is 0 Å². The lowest BCUT2D eigenvalue weighted by atomic mass is 10.1. The van der Waals surface area contributed by atoms with E-state index in [0.29, 0.717) is 0 Å². The molecule has 3 heterocycles. The van der Waals surface area contributed by atoms with Crippen LogP contribution >= 0.6 is 7.75 Å². The average molecular weight is 577 g/mol. The Morgan fingerprint density at radius 2 is 2.10 bits per heavy atom. The minimum absolute atomic E-state index is 0.0235. The van der Waals surface area contributed by atoms with Gasteiger partial charge in [-0.3, -0.25) is 23.7 Å². The molecule has 18 heteroatoms.